The van der Waals surface area contributed by atoms with Gasteiger partial charge in [-0.3, -0.25) is 9.69 Å². The standard InChI is InChI=1S/C23H36N2O3/c1-3-24-16-11-20(12-17-24)25-15-8-13-23(19-25,22(26)27-4-2)14-18-28-21-9-6-5-7-10-21/h5-7,9-10,20H,3-4,8,11-19H2,1-2H3/t23-/m1/s1. The average molecular weight is 389 g/mol. The highest BCUT2D eigenvalue weighted by molar-refractivity contribution is 5.77. The van der Waals surface area contributed by atoms with Gasteiger partial charge in [0.2, 0.25) is 0 Å². The normalized spacial score (nSPS) is 24.8. The van der Waals surface area contributed by atoms with Gasteiger partial charge in [0, 0.05) is 12.6 Å². The van der Waals surface area contributed by atoms with Gasteiger partial charge in [-0.25, -0.2) is 0 Å². The molecule has 0 bridgehead atoms. The molecule has 1 atom stereocenters. The Balaban J connectivity index is 1.63. The van der Waals surface area contributed by atoms with Crippen LogP contribution in [-0.2, 0) is 9.53 Å². The average Bonchev–Trinajstić information content (AvgIpc) is 2.75. The molecule has 0 spiro atoms. The Hall–Kier alpha value is -1.59. The van der Waals surface area contributed by atoms with Crippen molar-refractivity contribution in [1.29, 1.82) is 0 Å². The molecule has 1 aromatic rings. The molecule has 2 aliphatic rings. The van der Waals surface area contributed by atoms with Crippen molar-refractivity contribution >= 4 is 5.97 Å². The van der Waals surface area contributed by atoms with Crippen LogP contribution in [0, 0.1) is 5.41 Å². The number of ether oxygens (including phenoxy) is 2. The first kappa shape index (κ1) is 21.1. The molecule has 2 fully saturated rings. The molecule has 0 amide bonds. The molecule has 5 nitrogen and oxygen atoms in total. The minimum atomic E-state index is -0.440. The third kappa shape index (κ3) is 5.26. The van der Waals surface area contributed by atoms with Crippen molar-refractivity contribution in [3.8, 4) is 5.75 Å². The fourth-order valence-corrected chi connectivity index (χ4v) is 4.72. The van der Waals surface area contributed by atoms with E-state index in [0.717, 1.165) is 38.2 Å². The Labute approximate surface area is 170 Å². The molecule has 0 N–H and O–H groups in total. The van der Waals surface area contributed by atoms with Gasteiger partial charge < -0.3 is 14.4 Å². The Morgan fingerprint density at radius 1 is 1.14 bits per heavy atom. The van der Waals surface area contributed by atoms with Gasteiger partial charge in [0.15, 0.2) is 0 Å². The van der Waals surface area contributed by atoms with E-state index in [1.807, 2.05) is 37.3 Å². The summed E-state index contributed by atoms with van der Waals surface area (Å²) in [6.45, 7) is 10.5. The molecule has 3 rings (SSSR count). The number of rotatable bonds is 8. The third-order valence-electron chi connectivity index (χ3n) is 6.43. The first-order valence-electron chi connectivity index (χ1n) is 11.0. The second kappa shape index (κ2) is 10.3. The molecule has 0 aromatic heterocycles. The minimum absolute atomic E-state index is 0.0395. The minimum Gasteiger partial charge on any atom is -0.494 e. The van der Waals surface area contributed by atoms with E-state index in [1.54, 1.807) is 0 Å². The summed E-state index contributed by atoms with van der Waals surface area (Å²) in [5, 5.41) is 0. The van der Waals surface area contributed by atoms with Crippen molar-refractivity contribution in [3.05, 3.63) is 30.3 Å². The molecule has 0 aliphatic carbocycles. The van der Waals surface area contributed by atoms with Crippen molar-refractivity contribution in [2.75, 3.05) is 45.9 Å². The predicted octanol–water partition coefficient (Wildman–Crippen LogP) is 3.59. The lowest BCUT2D eigenvalue weighted by atomic mass is 9.76. The number of piperidine rings is 2. The van der Waals surface area contributed by atoms with Gasteiger partial charge in [0.05, 0.1) is 18.6 Å². The number of hydrogen-bond acceptors (Lipinski definition) is 5. The van der Waals surface area contributed by atoms with E-state index in [9.17, 15) is 4.79 Å². The van der Waals surface area contributed by atoms with Crippen LogP contribution in [0.25, 0.3) is 0 Å². The van der Waals surface area contributed by atoms with Gasteiger partial charge in [-0.1, -0.05) is 25.1 Å². The van der Waals surface area contributed by atoms with Gasteiger partial charge in [-0.15, -0.1) is 0 Å². The molecule has 2 heterocycles. The van der Waals surface area contributed by atoms with Crippen LogP contribution in [0.15, 0.2) is 30.3 Å². The van der Waals surface area contributed by atoms with Gasteiger partial charge in [-0.2, -0.15) is 0 Å². The van der Waals surface area contributed by atoms with Gasteiger partial charge in [0.1, 0.15) is 5.75 Å². The zero-order valence-corrected chi connectivity index (χ0v) is 17.6. The number of esters is 1. The summed E-state index contributed by atoms with van der Waals surface area (Å²) in [5.74, 6) is 0.823. The lowest BCUT2D eigenvalue weighted by molar-refractivity contribution is -0.161. The fourth-order valence-electron chi connectivity index (χ4n) is 4.72. The molecule has 5 heteroatoms. The summed E-state index contributed by atoms with van der Waals surface area (Å²) in [6, 6.07) is 10.4. The van der Waals surface area contributed by atoms with Crippen LogP contribution in [0.2, 0.25) is 0 Å². The van der Waals surface area contributed by atoms with Crippen LogP contribution in [0.4, 0.5) is 0 Å². The highest BCUT2D eigenvalue weighted by Crippen LogP contribution is 2.37. The summed E-state index contributed by atoms with van der Waals surface area (Å²) in [4.78, 5) is 18.1. The molecule has 0 unspecified atom stereocenters. The van der Waals surface area contributed by atoms with E-state index in [1.165, 1.54) is 25.9 Å². The number of likely N-dealkylation sites (tertiary alicyclic amines) is 2. The van der Waals surface area contributed by atoms with Crippen LogP contribution in [0.3, 0.4) is 0 Å². The van der Waals surface area contributed by atoms with Crippen molar-refractivity contribution < 1.29 is 14.3 Å². The molecular weight excluding hydrogens is 352 g/mol. The predicted molar refractivity (Wildman–Crippen MR) is 112 cm³/mol. The molecule has 0 radical (unpaired) electrons. The Kier molecular flexibility index (Phi) is 7.74. The van der Waals surface area contributed by atoms with Crippen LogP contribution in [-0.4, -0.2) is 67.7 Å². The number of benzene rings is 1. The van der Waals surface area contributed by atoms with E-state index >= 15 is 0 Å². The van der Waals surface area contributed by atoms with Gasteiger partial charge in [-0.05, 0) is 77.3 Å². The van der Waals surface area contributed by atoms with E-state index in [4.69, 9.17) is 9.47 Å². The smallest absolute Gasteiger partial charge is 0.313 e. The number of carbonyl (C=O) groups is 1. The molecule has 2 aliphatic heterocycles. The number of para-hydroxylation sites is 1. The van der Waals surface area contributed by atoms with Crippen LogP contribution >= 0.6 is 0 Å². The molecule has 2 saturated heterocycles. The summed E-state index contributed by atoms with van der Waals surface area (Å²) < 4.78 is 11.5. The lowest BCUT2D eigenvalue weighted by Gasteiger charge is -2.46. The van der Waals surface area contributed by atoms with Crippen molar-refractivity contribution in [2.45, 2.75) is 52.0 Å². The van der Waals surface area contributed by atoms with Crippen molar-refractivity contribution in [3.63, 3.8) is 0 Å². The number of hydrogen-bond donors (Lipinski definition) is 0. The van der Waals surface area contributed by atoms with Crippen molar-refractivity contribution in [1.82, 2.24) is 9.80 Å². The van der Waals surface area contributed by atoms with E-state index in [-0.39, 0.29) is 5.97 Å². The Morgan fingerprint density at radius 2 is 1.89 bits per heavy atom. The maximum Gasteiger partial charge on any atom is 0.313 e. The molecule has 0 saturated carbocycles. The molecule has 1 aromatic carbocycles. The van der Waals surface area contributed by atoms with Crippen LogP contribution < -0.4 is 4.74 Å². The largest absolute Gasteiger partial charge is 0.494 e. The second-order valence-electron chi connectivity index (χ2n) is 8.15. The summed E-state index contributed by atoms with van der Waals surface area (Å²) in [6.07, 6.45) is 5.07. The van der Waals surface area contributed by atoms with Crippen LogP contribution in [0.5, 0.6) is 5.75 Å². The maximum atomic E-state index is 13.0. The summed E-state index contributed by atoms with van der Waals surface area (Å²) in [5.41, 5.74) is -0.440. The van der Waals surface area contributed by atoms with E-state index in [0.29, 0.717) is 25.7 Å². The number of carbonyl (C=O) groups excluding carboxylic acids is 1. The van der Waals surface area contributed by atoms with E-state index < -0.39 is 5.41 Å². The van der Waals surface area contributed by atoms with E-state index in [2.05, 4.69) is 16.7 Å². The second-order valence-corrected chi connectivity index (χ2v) is 8.15. The van der Waals surface area contributed by atoms with Crippen LogP contribution in [0.1, 0.15) is 46.0 Å². The first-order valence-corrected chi connectivity index (χ1v) is 11.0. The van der Waals surface area contributed by atoms with Gasteiger partial charge in [0.25, 0.3) is 0 Å². The topological polar surface area (TPSA) is 42.0 Å². The fraction of sp³-hybridized carbons (Fsp3) is 0.696. The quantitative estimate of drug-likeness (QED) is 0.637. The Bertz CT molecular complexity index is 601. The Morgan fingerprint density at radius 3 is 2.57 bits per heavy atom. The SMILES string of the molecule is CCOC(=O)[C@@]1(CCOc2ccccc2)CCCN(C2CCN(CC)CC2)C1. The zero-order chi connectivity index (χ0) is 19.8. The zero-order valence-electron chi connectivity index (χ0n) is 17.6. The molecule has 156 valence electrons. The summed E-state index contributed by atoms with van der Waals surface area (Å²) >= 11 is 0. The lowest BCUT2D eigenvalue weighted by Crippen LogP contribution is -2.54. The highest BCUT2D eigenvalue weighted by atomic mass is 16.5. The first-order chi connectivity index (χ1) is 13.7. The monoisotopic (exact) mass is 388 g/mol. The maximum absolute atomic E-state index is 13.0. The molecule has 28 heavy (non-hydrogen) atoms. The summed E-state index contributed by atoms with van der Waals surface area (Å²) in [7, 11) is 0. The third-order valence-corrected chi connectivity index (χ3v) is 6.43. The van der Waals surface area contributed by atoms with Gasteiger partial charge >= 0.3 is 5.97 Å². The highest BCUT2D eigenvalue weighted by Gasteiger charge is 2.45. The number of nitrogens with zero attached hydrogens (tertiary/aromatic N) is 2. The molecular formula is C23H36N2O3. The van der Waals surface area contributed by atoms with Crippen molar-refractivity contribution in [2.24, 2.45) is 5.41 Å².